The van der Waals surface area contributed by atoms with Gasteiger partial charge in [-0.1, -0.05) is 45.1 Å². The van der Waals surface area contributed by atoms with E-state index >= 15 is 0 Å². The van der Waals surface area contributed by atoms with Crippen LogP contribution in [0.2, 0.25) is 0 Å². The molecule has 0 spiro atoms. The van der Waals surface area contributed by atoms with Crippen LogP contribution in [0, 0.1) is 17.8 Å². The van der Waals surface area contributed by atoms with Crippen LogP contribution in [0.4, 0.5) is 4.79 Å². The fourth-order valence-corrected chi connectivity index (χ4v) is 5.27. The summed E-state index contributed by atoms with van der Waals surface area (Å²) in [4.78, 5) is 50.5. The Morgan fingerprint density at radius 3 is 2.20 bits per heavy atom. The van der Waals surface area contributed by atoms with Crippen LogP contribution >= 0.6 is 0 Å². The zero-order valence-electron chi connectivity index (χ0n) is 24.6. The third-order valence-electron chi connectivity index (χ3n) is 7.29. The lowest BCUT2D eigenvalue weighted by Gasteiger charge is -2.34. The number of amides is 2. The topological polar surface area (TPSA) is 143 Å². The summed E-state index contributed by atoms with van der Waals surface area (Å²) in [6.45, 7) is 9.17. The van der Waals surface area contributed by atoms with Crippen molar-refractivity contribution in [3.8, 4) is 0 Å². The van der Waals surface area contributed by atoms with Crippen molar-refractivity contribution >= 4 is 23.6 Å². The number of primary amides is 1. The second-order valence-electron chi connectivity index (χ2n) is 10.4. The minimum Gasteiger partial charge on any atom is -0.441 e. The van der Waals surface area contributed by atoms with Crippen LogP contribution in [-0.2, 0) is 33.3 Å². The van der Waals surface area contributed by atoms with Crippen molar-refractivity contribution in [3.05, 3.63) is 58.9 Å². The summed E-state index contributed by atoms with van der Waals surface area (Å²) in [5.74, 6) is -2.19. The Kier molecular flexibility index (Phi) is 12.2. The molecule has 3 N–H and O–H groups in total. The maximum Gasteiger partial charge on any atom is 0.405 e. The largest absolute Gasteiger partial charge is 0.441 e. The first-order chi connectivity index (χ1) is 18.8. The van der Waals surface area contributed by atoms with Gasteiger partial charge in [0.25, 0.3) is 5.91 Å². The van der Waals surface area contributed by atoms with Gasteiger partial charge in [0.1, 0.15) is 6.10 Å². The lowest BCUT2D eigenvalue weighted by molar-refractivity contribution is -0.120. The van der Waals surface area contributed by atoms with Crippen LogP contribution in [0.3, 0.4) is 0 Å². The summed E-state index contributed by atoms with van der Waals surface area (Å²) < 4.78 is 22.9. The number of allylic oxidation sites excluding steroid dienone is 5. The SMILES string of the molecule is CO[C@H]1[C@H](C)/C=C(\C)C(OC(N)=O)[C@@H](C)/C=C/C=C(/C)C(=O)NC2=CC(=O)C=C(C2=O)[C@H](OC)[C@@H](C)C[C@H]1OC. The molecule has 0 fully saturated rings. The van der Waals surface area contributed by atoms with E-state index in [2.05, 4.69) is 5.32 Å². The molecule has 1 aliphatic carbocycles. The number of carbonyl (C=O) groups excluding carboxylic acids is 4. The number of fused-ring (bicyclic) bond motifs is 2. The van der Waals surface area contributed by atoms with Crippen LogP contribution in [-0.4, -0.2) is 69.3 Å². The van der Waals surface area contributed by atoms with Gasteiger partial charge in [-0.2, -0.15) is 0 Å². The van der Waals surface area contributed by atoms with Gasteiger partial charge in [-0.25, -0.2) is 4.79 Å². The zero-order chi connectivity index (χ0) is 30.1. The van der Waals surface area contributed by atoms with Gasteiger partial charge in [-0.05, 0) is 37.8 Å². The molecule has 7 atom stereocenters. The van der Waals surface area contributed by atoms with E-state index in [1.807, 2.05) is 33.8 Å². The number of Topliss-reactive ketones (excluding diaryl/α,β-unsaturated/α-hetero) is 1. The van der Waals surface area contributed by atoms with E-state index in [-0.39, 0.29) is 29.0 Å². The molecule has 0 aromatic rings. The summed E-state index contributed by atoms with van der Waals surface area (Å²) in [6.07, 6.45) is 6.65. The van der Waals surface area contributed by atoms with Crippen LogP contribution < -0.4 is 11.1 Å². The average Bonchev–Trinajstić information content (AvgIpc) is 2.88. The molecule has 40 heavy (non-hydrogen) atoms. The molecule has 0 saturated heterocycles. The molecule has 0 aromatic carbocycles. The van der Waals surface area contributed by atoms with Gasteiger partial charge in [0, 0.05) is 50.4 Å². The summed E-state index contributed by atoms with van der Waals surface area (Å²) in [5.41, 5.74) is 6.49. The molecule has 0 radical (unpaired) electrons. The smallest absolute Gasteiger partial charge is 0.405 e. The number of carbonyl (C=O) groups is 4. The number of ether oxygens (including phenoxy) is 4. The van der Waals surface area contributed by atoms with E-state index in [1.54, 1.807) is 39.4 Å². The Hall–Kier alpha value is -3.34. The predicted octanol–water partition coefficient (Wildman–Crippen LogP) is 3.33. The maximum atomic E-state index is 13.4. The zero-order valence-corrected chi connectivity index (χ0v) is 24.6. The Labute approximate surface area is 236 Å². The number of nitrogens with one attached hydrogen (secondary N) is 1. The maximum absolute atomic E-state index is 13.4. The van der Waals surface area contributed by atoms with Gasteiger partial charge in [0.2, 0.25) is 5.78 Å². The van der Waals surface area contributed by atoms with Crippen LogP contribution in [0.15, 0.2) is 58.9 Å². The first-order valence-electron chi connectivity index (χ1n) is 13.3. The van der Waals surface area contributed by atoms with E-state index < -0.39 is 48.0 Å². The minimum absolute atomic E-state index is 0.119. The van der Waals surface area contributed by atoms with Crippen LogP contribution in [0.25, 0.3) is 0 Å². The van der Waals surface area contributed by atoms with Crippen molar-refractivity contribution in [2.24, 2.45) is 23.5 Å². The molecular weight excluding hydrogens is 516 g/mol. The molecule has 1 unspecified atom stereocenters. The highest BCUT2D eigenvalue weighted by molar-refractivity contribution is 6.22. The molecule has 1 heterocycles. The summed E-state index contributed by atoms with van der Waals surface area (Å²) >= 11 is 0. The highest BCUT2D eigenvalue weighted by Gasteiger charge is 2.36. The van der Waals surface area contributed by atoms with Gasteiger partial charge < -0.3 is 30.0 Å². The number of ketones is 2. The lowest BCUT2D eigenvalue weighted by Crippen LogP contribution is -2.40. The number of hydrogen-bond donors (Lipinski definition) is 2. The van der Waals surface area contributed by atoms with E-state index in [4.69, 9.17) is 24.7 Å². The van der Waals surface area contributed by atoms with Crippen molar-refractivity contribution in [1.82, 2.24) is 5.32 Å². The molecule has 1 aliphatic heterocycles. The molecule has 10 heteroatoms. The molecule has 2 aliphatic rings. The highest BCUT2D eigenvalue weighted by atomic mass is 16.6. The predicted molar refractivity (Wildman–Crippen MR) is 150 cm³/mol. The molecule has 0 aromatic heterocycles. The molecule has 2 bridgehead atoms. The van der Waals surface area contributed by atoms with Gasteiger partial charge >= 0.3 is 6.09 Å². The molecule has 2 rings (SSSR count). The molecular formula is C30H42N2O8. The van der Waals surface area contributed by atoms with Crippen LogP contribution in [0.5, 0.6) is 0 Å². The van der Waals surface area contributed by atoms with E-state index in [0.29, 0.717) is 12.0 Å². The Balaban J connectivity index is 2.62. The molecule has 0 saturated carbocycles. The second-order valence-corrected chi connectivity index (χ2v) is 10.4. The van der Waals surface area contributed by atoms with Crippen molar-refractivity contribution in [3.63, 3.8) is 0 Å². The third-order valence-corrected chi connectivity index (χ3v) is 7.29. The number of nitrogens with two attached hydrogens (primary N) is 1. The standard InChI is InChI=1S/C30H42N2O8/c1-16-10-9-11-17(2)29(35)32-23-15-21(33)14-22(25(23)34)27(38-7)20(5)13-24(37-6)28(39-8)19(4)12-18(3)26(16)40-30(31)36/h9-12,14-16,19-20,24,26-28H,13H2,1-8H3,(H2,31,36)(H,32,35)/b10-9+,17-11-,18-12+/t16-,19+,20-,24+,26?,27+,28-/m0/s1. The summed E-state index contributed by atoms with van der Waals surface area (Å²) in [5, 5.41) is 2.56. The molecule has 2 amide bonds. The van der Waals surface area contributed by atoms with Crippen molar-refractivity contribution in [2.75, 3.05) is 21.3 Å². The quantitative estimate of drug-likeness (QED) is 0.395. The third kappa shape index (κ3) is 8.33. The number of hydrogen-bond acceptors (Lipinski definition) is 8. The van der Waals surface area contributed by atoms with Crippen molar-refractivity contribution < 1.29 is 38.1 Å². The molecule has 220 valence electrons. The summed E-state index contributed by atoms with van der Waals surface area (Å²) in [6, 6.07) is 0. The fourth-order valence-electron chi connectivity index (χ4n) is 5.27. The fraction of sp³-hybridized carbons (Fsp3) is 0.533. The average molecular weight is 559 g/mol. The Bertz CT molecular complexity index is 1130. The highest BCUT2D eigenvalue weighted by Crippen LogP contribution is 2.30. The normalized spacial score (nSPS) is 34.4. The van der Waals surface area contributed by atoms with Crippen LogP contribution in [0.1, 0.15) is 41.0 Å². The van der Waals surface area contributed by atoms with Crippen molar-refractivity contribution in [2.45, 2.75) is 65.5 Å². The number of methoxy groups -OCH3 is 3. The Morgan fingerprint density at radius 1 is 0.950 bits per heavy atom. The first kappa shape index (κ1) is 32.9. The second kappa shape index (κ2) is 14.9. The number of rotatable bonds is 4. The molecule has 10 nitrogen and oxygen atoms in total. The lowest BCUT2D eigenvalue weighted by atomic mass is 9.83. The van der Waals surface area contributed by atoms with E-state index in [0.717, 1.165) is 11.6 Å². The van der Waals surface area contributed by atoms with E-state index in [9.17, 15) is 19.2 Å². The Morgan fingerprint density at radius 2 is 1.62 bits per heavy atom. The minimum atomic E-state index is -0.902. The van der Waals surface area contributed by atoms with E-state index in [1.165, 1.54) is 13.2 Å². The first-order valence-corrected chi connectivity index (χ1v) is 13.3. The van der Waals surface area contributed by atoms with Gasteiger partial charge in [-0.15, -0.1) is 0 Å². The van der Waals surface area contributed by atoms with Gasteiger partial charge in [0.05, 0.1) is 24.0 Å². The van der Waals surface area contributed by atoms with Gasteiger partial charge in [-0.3, -0.25) is 14.4 Å². The monoisotopic (exact) mass is 558 g/mol. The van der Waals surface area contributed by atoms with Crippen molar-refractivity contribution in [1.29, 1.82) is 0 Å². The van der Waals surface area contributed by atoms with Gasteiger partial charge in [0.15, 0.2) is 5.78 Å². The summed E-state index contributed by atoms with van der Waals surface area (Å²) in [7, 11) is 4.64.